The third kappa shape index (κ3) is 4.45. The molecule has 1 aliphatic heterocycles. The zero-order valence-electron chi connectivity index (χ0n) is 14.8. The summed E-state index contributed by atoms with van der Waals surface area (Å²) in [5.74, 6) is 0.287. The number of rotatable bonds is 5. The standard InChI is InChI=1S/C20H21ClN2O3S/c21-18-3-1-2-14(10-18)13-27(25,26)22-19-7-6-15-8-9-23(12-17(15)11-19)20(24)16-4-5-16/h1-3,6-7,10-11,16,22H,4-5,8-9,12-13H2. The van der Waals surface area contributed by atoms with Crippen LogP contribution in [-0.2, 0) is 33.5 Å². The number of amides is 1. The molecular formula is C20H21ClN2O3S. The van der Waals surface area contributed by atoms with Crippen molar-refractivity contribution >= 4 is 33.2 Å². The van der Waals surface area contributed by atoms with E-state index in [2.05, 4.69) is 4.72 Å². The third-order valence-corrected chi connectivity index (χ3v) is 6.47. The van der Waals surface area contributed by atoms with Gasteiger partial charge in [-0.25, -0.2) is 8.42 Å². The van der Waals surface area contributed by atoms with Crippen molar-refractivity contribution in [2.45, 2.75) is 31.6 Å². The lowest BCUT2D eigenvalue weighted by molar-refractivity contribution is -0.133. The Morgan fingerprint density at radius 2 is 1.96 bits per heavy atom. The van der Waals surface area contributed by atoms with Crippen LogP contribution in [0, 0.1) is 5.92 Å². The molecule has 0 radical (unpaired) electrons. The highest BCUT2D eigenvalue weighted by Gasteiger charge is 2.34. The van der Waals surface area contributed by atoms with E-state index >= 15 is 0 Å². The van der Waals surface area contributed by atoms with E-state index in [1.165, 1.54) is 5.56 Å². The molecule has 1 amide bonds. The lowest BCUT2D eigenvalue weighted by atomic mass is 9.99. The lowest BCUT2D eigenvalue weighted by Crippen LogP contribution is -2.36. The molecule has 0 saturated heterocycles. The summed E-state index contributed by atoms with van der Waals surface area (Å²) in [6, 6.07) is 12.4. The minimum atomic E-state index is -3.55. The van der Waals surface area contributed by atoms with Crippen LogP contribution in [0.3, 0.4) is 0 Å². The molecule has 0 aromatic heterocycles. The molecule has 0 spiro atoms. The lowest BCUT2D eigenvalue weighted by Gasteiger charge is -2.29. The van der Waals surface area contributed by atoms with E-state index in [1.54, 1.807) is 30.3 Å². The first-order valence-corrected chi connectivity index (χ1v) is 11.1. The Balaban J connectivity index is 1.48. The Kier molecular flexibility index (Phi) is 4.86. The SMILES string of the molecule is O=C(C1CC1)N1CCc2ccc(NS(=O)(=O)Cc3cccc(Cl)c3)cc2C1. The van der Waals surface area contributed by atoms with Crippen LogP contribution >= 0.6 is 11.6 Å². The van der Waals surface area contributed by atoms with E-state index in [0.29, 0.717) is 22.8 Å². The second kappa shape index (κ2) is 7.17. The molecule has 1 fully saturated rings. The number of carbonyl (C=O) groups is 1. The van der Waals surface area contributed by atoms with Gasteiger partial charge in [0.1, 0.15) is 0 Å². The third-order valence-electron chi connectivity index (χ3n) is 4.98. The van der Waals surface area contributed by atoms with Crippen molar-refractivity contribution in [1.29, 1.82) is 0 Å². The van der Waals surface area contributed by atoms with Crippen molar-refractivity contribution in [2.75, 3.05) is 11.3 Å². The molecule has 0 unspecified atom stereocenters. The minimum absolute atomic E-state index is 0.142. The van der Waals surface area contributed by atoms with Crippen LogP contribution in [-0.4, -0.2) is 25.8 Å². The average Bonchev–Trinajstić information content (AvgIpc) is 3.44. The minimum Gasteiger partial charge on any atom is -0.338 e. The van der Waals surface area contributed by atoms with Gasteiger partial charge in [-0.3, -0.25) is 9.52 Å². The van der Waals surface area contributed by atoms with Crippen LogP contribution in [0.1, 0.15) is 29.5 Å². The van der Waals surface area contributed by atoms with Crippen molar-refractivity contribution in [3.63, 3.8) is 0 Å². The molecule has 27 heavy (non-hydrogen) atoms. The highest BCUT2D eigenvalue weighted by molar-refractivity contribution is 7.91. The highest BCUT2D eigenvalue weighted by Crippen LogP contribution is 2.33. The van der Waals surface area contributed by atoms with Crippen LogP contribution in [0.5, 0.6) is 0 Å². The van der Waals surface area contributed by atoms with Gasteiger partial charge in [0.2, 0.25) is 15.9 Å². The molecule has 1 aliphatic carbocycles. The zero-order valence-corrected chi connectivity index (χ0v) is 16.4. The van der Waals surface area contributed by atoms with E-state index in [9.17, 15) is 13.2 Å². The van der Waals surface area contributed by atoms with E-state index < -0.39 is 10.0 Å². The summed E-state index contributed by atoms with van der Waals surface area (Å²) in [6.07, 6.45) is 2.79. The first kappa shape index (κ1) is 18.3. The number of halogens is 1. The smallest absolute Gasteiger partial charge is 0.236 e. The highest BCUT2D eigenvalue weighted by atomic mass is 35.5. The maximum absolute atomic E-state index is 12.5. The summed E-state index contributed by atoms with van der Waals surface area (Å²) in [5, 5.41) is 0.511. The summed E-state index contributed by atoms with van der Waals surface area (Å²) in [6.45, 7) is 1.29. The summed E-state index contributed by atoms with van der Waals surface area (Å²) >= 11 is 5.93. The number of hydrogen-bond donors (Lipinski definition) is 1. The molecule has 2 aromatic rings. The van der Waals surface area contributed by atoms with Gasteiger partial charge >= 0.3 is 0 Å². The Morgan fingerprint density at radius 3 is 2.70 bits per heavy atom. The maximum Gasteiger partial charge on any atom is 0.236 e. The maximum atomic E-state index is 12.5. The number of anilines is 1. The molecule has 2 aliphatic rings. The number of benzene rings is 2. The molecule has 1 saturated carbocycles. The largest absolute Gasteiger partial charge is 0.338 e. The van der Waals surface area contributed by atoms with Gasteiger partial charge in [0.05, 0.1) is 5.75 Å². The van der Waals surface area contributed by atoms with E-state index in [-0.39, 0.29) is 17.6 Å². The molecule has 0 atom stereocenters. The fraction of sp³-hybridized carbons (Fsp3) is 0.350. The first-order valence-electron chi connectivity index (χ1n) is 9.05. The summed E-state index contributed by atoms with van der Waals surface area (Å²) < 4.78 is 27.6. The number of nitrogens with one attached hydrogen (secondary N) is 1. The van der Waals surface area contributed by atoms with E-state index in [1.807, 2.05) is 17.0 Å². The Morgan fingerprint density at radius 1 is 1.15 bits per heavy atom. The van der Waals surface area contributed by atoms with Crippen molar-refractivity contribution in [3.8, 4) is 0 Å². The van der Waals surface area contributed by atoms with E-state index in [0.717, 1.165) is 31.4 Å². The van der Waals surface area contributed by atoms with Crippen molar-refractivity contribution in [1.82, 2.24) is 4.90 Å². The zero-order chi connectivity index (χ0) is 19.0. The van der Waals surface area contributed by atoms with Gasteiger partial charge in [0.15, 0.2) is 0 Å². The molecule has 7 heteroatoms. The van der Waals surface area contributed by atoms with Crippen LogP contribution in [0.25, 0.3) is 0 Å². The van der Waals surface area contributed by atoms with Gasteiger partial charge in [-0.05, 0) is 60.2 Å². The number of hydrogen-bond acceptors (Lipinski definition) is 3. The second-order valence-electron chi connectivity index (χ2n) is 7.26. The van der Waals surface area contributed by atoms with Crippen molar-refractivity contribution in [2.24, 2.45) is 5.92 Å². The van der Waals surface area contributed by atoms with Crippen LogP contribution < -0.4 is 4.72 Å². The number of sulfonamides is 1. The van der Waals surface area contributed by atoms with Crippen LogP contribution in [0.15, 0.2) is 42.5 Å². The summed E-state index contributed by atoms with van der Waals surface area (Å²) in [7, 11) is -3.55. The molecule has 0 bridgehead atoms. The van der Waals surface area contributed by atoms with Gasteiger partial charge in [0.25, 0.3) is 0 Å². The fourth-order valence-electron chi connectivity index (χ4n) is 3.46. The molecule has 1 heterocycles. The second-order valence-corrected chi connectivity index (χ2v) is 9.42. The van der Waals surface area contributed by atoms with Crippen molar-refractivity contribution < 1.29 is 13.2 Å². The molecule has 5 nitrogen and oxygen atoms in total. The molecule has 142 valence electrons. The van der Waals surface area contributed by atoms with Crippen LogP contribution in [0.4, 0.5) is 5.69 Å². The summed E-state index contributed by atoms with van der Waals surface area (Å²) in [4.78, 5) is 14.2. The molecular weight excluding hydrogens is 384 g/mol. The predicted octanol–water partition coefficient (Wildman–Crippen LogP) is 3.58. The van der Waals surface area contributed by atoms with Gasteiger partial charge in [-0.15, -0.1) is 0 Å². The number of carbonyl (C=O) groups excluding carboxylic acids is 1. The Labute approximate surface area is 164 Å². The van der Waals surface area contributed by atoms with Crippen molar-refractivity contribution in [3.05, 3.63) is 64.2 Å². The van der Waals surface area contributed by atoms with Gasteiger partial charge in [-0.2, -0.15) is 0 Å². The molecule has 1 N–H and O–H groups in total. The van der Waals surface area contributed by atoms with Gasteiger partial charge < -0.3 is 4.90 Å². The topological polar surface area (TPSA) is 66.5 Å². The monoisotopic (exact) mass is 404 g/mol. The van der Waals surface area contributed by atoms with Gasteiger partial charge in [-0.1, -0.05) is 29.8 Å². The number of fused-ring (bicyclic) bond motifs is 1. The van der Waals surface area contributed by atoms with Gasteiger partial charge in [0, 0.05) is 29.7 Å². The first-order chi connectivity index (χ1) is 12.9. The van der Waals surface area contributed by atoms with Crippen LogP contribution in [0.2, 0.25) is 5.02 Å². The Hall–Kier alpha value is -2.05. The normalized spacial score (nSPS) is 16.7. The summed E-state index contributed by atoms with van der Waals surface area (Å²) in [5.41, 5.74) is 3.34. The Bertz CT molecular complexity index is 986. The predicted molar refractivity (Wildman–Crippen MR) is 106 cm³/mol. The average molecular weight is 405 g/mol. The molecule has 4 rings (SSSR count). The quantitative estimate of drug-likeness (QED) is 0.828. The molecule has 2 aromatic carbocycles. The fourth-order valence-corrected chi connectivity index (χ4v) is 4.85. The number of nitrogens with zero attached hydrogens (tertiary/aromatic N) is 1. The van der Waals surface area contributed by atoms with E-state index in [4.69, 9.17) is 11.6 Å².